The molecule has 0 heterocycles. The minimum absolute atomic E-state index is 0.00239. The van der Waals surface area contributed by atoms with Crippen LogP contribution in [0.4, 0.5) is 17.1 Å². The van der Waals surface area contributed by atoms with Crippen LogP contribution in [0, 0.1) is 11.8 Å². The SMILES string of the molecule is CC(C)(C1CCCC(C(F)(F)F)C1)S(=O)(=O)F. The van der Waals surface area contributed by atoms with Crippen molar-refractivity contribution in [1.29, 1.82) is 0 Å². The van der Waals surface area contributed by atoms with Crippen molar-refractivity contribution in [3.63, 3.8) is 0 Å². The quantitative estimate of drug-likeness (QED) is 0.572. The van der Waals surface area contributed by atoms with E-state index < -0.39 is 33.0 Å². The second-order valence-corrected chi connectivity index (χ2v) is 7.07. The number of hydrogen-bond donors (Lipinski definition) is 0. The first-order chi connectivity index (χ1) is 7.46. The Morgan fingerprint density at radius 1 is 1.06 bits per heavy atom. The van der Waals surface area contributed by atoms with Gasteiger partial charge < -0.3 is 0 Å². The maximum atomic E-state index is 13.1. The summed E-state index contributed by atoms with van der Waals surface area (Å²) in [6.07, 6.45) is -4.02. The molecule has 0 aromatic heterocycles. The lowest BCUT2D eigenvalue weighted by Gasteiger charge is -2.37. The number of halogens is 4. The molecule has 1 rings (SSSR count). The molecule has 2 unspecified atom stereocenters. The fraction of sp³-hybridized carbons (Fsp3) is 1.00. The van der Waals surface area contributed by atoms with Gasteiger partial charge >= 0.3 is 16.4 Å². The molecule has 0 aromatic rings. The normalized spacial score (nSPS) is 28.1. The van der Waals surface area contributed by atoms with Crippen molar-refractivity contribution < 1.29 is 25.5 Å². The lowest BCUT2D eigenvalue weighted by Crippen LogP contribution is -2.42. The smallest absolute Gasteiger partial charge is 0.194 e. The van der Waals surface area contributed by atoms with Gasteiger partial charge in [0.2, 0.25) is 0 Å². The molecule has 1 fully saturated rings. The van der Waals surface area contributed by atoms with E-state index in [-0.39, 0.29) is 19.3 Å². The first-order valence-electron chi connectivity index (χ1n) is 5.47. The van der Waals surface area contributed by atoms with Gasteiger partial charge in [0, 0.05) is 0 Å². The molecule has 0 amide bonds. The summed E-state index contributed by atoms with van der Waals surface area (Å²) in [5, 5.41) is 0. The molecule has 0 saturated heterocycles. The first-order valence-corrected chi connectivity index (χ1v) is 6.85. The van der Waals surface area contributed by atoms with Crippen LogP contribution in [0.5, 0.6) is 0 Å². The van der Waals surface area contributed by atoms with Crippen molar-refractivity contribution >= 4 is 10.2 Å². The Morgan fingerprint density at radius 3 is 1.94 bits per heavy atom. The van der Waals surface area contributed by atoms with E-state index >= 15 is 0 Å². The Balaban J connectivity index is 2.88. The Kier molecular flexibility index (Phi) is 3.82. The summed E-state index contributed by atoms with van der Waals surface area (Å²) in [6.45, 7) is 2.32. The second-order valence-electron chi connectivity index (χ2n) is 5.14. The van der Waals surface area contributed by atoms with Gasteiger partial charge in [-0.2, -0.15) is 21.6 Å². The molecule has 0 spiro atoms. The van der Waals surface area contributed by atoms with E-state index in [9.17, 15) is 25.5 Å². The van der Waals surface area contributed by atoms with Gasteiger partial charge in [-0.1, -0.05) is 6.42 Å². The van der Waals surface area contributed by atoms with Gasteiger partial charge in [-0.05, 0) is 39.0 Å². The van der Waals surface area contributed by atoms with E-state index in [0.717, 1.165) is 13.8 Å². The standard InChI is InChI=1S/C10H16F4O2S/c1-9(2,17(14,15)16)7-4-3-5-8(6-7)10(11,12)13/h7-8H,3-6H2,1-2H3. The van der Waals surface area contributed by atoms with Crippen LogP contribution in [0.2, 0.25) is 0 Å². The Morgan fingerprint density at radius 2 is 1.53 bits per heavy atom. The first kappa shape index (κ1) is 14.7. The van der Waals surface area contributed by atoms with Crippen LogP contribution in [-0.2, 0) is 10.2 Å². The van der Waals surface area contributed by atoms with Gasteiger partial charge in [0.05, 0.1) is 10.7 Å². The van der Waals surface area contributed by atoms with Crippen LogP contribution in [0.3, 0.4) is 0 Å². The number of alkyl halides is 3. The molecular weight excluding hydrogens is 260 g/mol. The maximum absolute atomic E-state index is 13.1. The minimum Gasteiger partial charge on any atom is -0.194 e. The molecule has 0 N–H and O–H groups in total. The average molecular weight is 276 g/mol. The Bertz CT molecular complexity index is 372. The van der Waals surface area contributed by atoms with E-state index in [1.807, 2.05) is 0 Å². The summed E-state index contributed by atoms with van der Waals surface area (Å²) in [4.78, 5) is 0. The van der Waals surface area contributed by atoms with E-state index in [1.165, 1.54) is 0 Å². The van der Waals surface area contributed by atoms with Crippen molar-refractivity contribution in [2.24, 2.45) is 11.8 Å². The minimum atomic E-state index is -4.84. The van der Waals surface area contributed by atoms with Crippen LogP contribution in [0.1, 0.15) is 39.5 Å². The Labute approximate surface area is 98.6 Å². The molecule has 0 aromatic carbocycles. The van der Waals surface area contributed by atoms with E-state index in [0.29, 0.717) is 6.42 Å². The third kappa shape index (κ3) is 3.11. The highest BCUT2D eigenvalue weighted by Crippen LogP contribution is 2.45. The number of rotatable bonds is 2. The predicted molar refractivity (Wildman–Crippen MR) is 55.6 cm³/mol. The van der Waals surface area contributed by atoms with Gasteiger partial charge in [-0.25, -0.2) is 0 Å². The molecular formula is C10H16F4O2S. The van der Waals surface area contributed by atoms with Crippen molar-refractivity contribution in [3.8, 4) is 0 Å². The lowest BCUT2D eigenvalue weighted by atomic mass is 9.75. The third-order valence-corrected chi connectivity index (χ3v) is 5.34. The average Bonchev–Trinajstić information content (AvgIpc) is 2.15. The fourth-order valence-corrected chi connectivity index (χ4v) is 2.93. The van der Waals surface area contributed by atoms with Gasteiger partial charge in [0.1, 0.15) is 0 Å². The number of hydrogen-bond acceptors (Lipinski definition) is 2. The molecule has 0 aliphatic heterocycles. The predicted octanol–water partition coefficient (Wildman–Crippen LogP) is 3.43. The zero-order valence-electron chi connectivity index (χ0n) is 9.72. The Hall–Kier alpha value is -0.330. The highest BCUT2D eigenvalue weighted by Gasteiger charge is 2.49. The van der Waals surface area contributed by atoms with Gasteiger partial charge in [0.25, 0.3) is 0 Å². The van der Waals surface area contributed by atoms with Crippen LogP contribution < -0.4 is 0 Å². The molecule has 17 heavy (non-hydrogen) atoms. The highest BCUT2D eigenvalue weighted by atomic mass is 32.3. The summed E-state index contributed by atoms with van der Waals surface area (Å²) in [5.74, 6) is -2.29. The molecule has 1 aliphatic rings. The lowest BCUT2D eigenvalue weighted by molar-refractivity contribution is -0.186. The fourth-order valence-electron chi connectivity index (χ4n) is 2.32. The maximum Gasteiger partial charge on any atom is 0.391 e. The van der Waals surface area contributed by atoms with Crippen molar-refractivity contribution in [3.05, 3.63) is 0 Å². The summed E-state index contributed by atoms with van der Waals surface area (Å²) < 4.78 is 70.9. The van der Waals surface area contributed by atoms with Crippen molar-refractivity contribution in [1.82, 2.24) is 0 Å². The zero-order chi connectivity index (χ0) is 13.5. The van der Waals surface area contributed by atoms with Crippen LogP contribution in [0.25, 0.3) is 0 Å². The largest absolute Gasteiger partial charge is 0.391 e. The van der Waals surface area contributed by atoms with E-state index in [4.69, 9.17) is 0 Å². The molecule has 7 heteroatoms. The summed E-state index contributed by atoms with van der Waals surface area (Å²) in [7, 11) is -4.84. The van der Waals surface area contributed by atoms with Crippen molar-refractivity contribution in [2.45, 2.75) is 50.5 Å². The summed E-state index contributed by atoms with van der Waals surface area (Å²) >= 11 is 0. The zero-order valence-corrected chi connectivity index (χ0v) is 10.5. The van der Waals surface area contributed by atoms with Gasteiger partial charge in [-0.15, -0.1) is 3.89 Å². The van der Waals surface area contributed by atoms with E-state index in [1.54, 1.807) is 0 Å². The van der Waals surface area contributed by atoms with Crippen molar-refractivity contribution in [2.75, 3.05) is 0 Å². The monoisotopic (exact) mass is 276 g/mol. The molecule has 2 atom stereocenters. The molecule has 2 nitrogen and oxygen atoms in total. The second kappa shape index (κ2) is 4.40. The van der Waals surface area contributed by atoms with Gasteiger partial charge in [0.15, 0.2) is 0 Å². The molecule has 1 aliphatic carbocycles. The molecule has 0 bridgehead atoms. The van der Waals surface area contributed by atoms with Crippen LogP contribution in [-0.4, -0.2) is 19.3 Å². The van der Waals surface area contributed by atoms with Crippen LogP contribution >= 0.6 is 0 Å². The summed E-state index contributed by atoms with van der Waals surface area (Å²) in [5.41, 5.74) is 0. The topological polar surface area (TPSA) is 34.1 Å². The highest BCUT2D eigenvalue weighted by molar-refractivity contribution is 7.87. The molecule has 0 radical (unpaired) electrons. The van der Waals surface area contributed by atoms with Crippen LogP contribution in [0.15, 0.2) is 0 Å². The molecule has 102 valence electrons. The van der Waals surface area contributed by atoms with E-state index in [2.05, 4.69) is 0 Å². The van der Waals surface area contributed by atoms with Gasteiger partial charge in [-0.3, -0.25) is 0 Å². The molecule has 1 saturated carbocycles. The summed E-state index contributed by atoms with van der Waals surface area (Å²) in [6, 6.07) is 0. The third-order valence-electron chi connectivity index (χ3n) is 3.75.